The second kappa shape index (κ2) is 55.4. The van der Waals surface area contributed by atoms with E-state index in [1.807, 2.05) is 11.8 Å². The number of esters is 1. The van der Waals surface area contributed by atoms with Crippen molar-refractivity contribution in [2.75, 3.05) is 71.6 Å². The van der Waals surface area contributed by atoms with Gasteiger partial charge in [-0.25, -0.2) is 4.79 Å². The summed E-state index contributed by atoms with van der Waals surface area (Å²) in [6, 6.07) is 3.19. The maximum atomic E-state index is 11.8. The molecule has 0 bridgehead atoms. The predicted octanol–water partition coefficient (Wildman–Crippen LogP) is 7.82. The van der Waals surface area contributed by atoms with Crippen LogP contribution in [0.1, 0.15) is 111 Å². The molecule has 7 fully saturated rings. The third-order valence-corrected chi connectivity index (χ3v) is 24.2. The molecule has 54 heteroatoms. The van der Waals surface area contributed by atoms with Crippen LogP contribution in [0.2, 0.25) is 0 Å². The molecule has 7 saturated heterocycles. The second-order valence-corrected chi connectivity index (χ2v) is 30.7. The van der Waals surface area contributed by atoms with E-state index in [1.54, 1.807) is 25.3 Å². The molecule has 0 radical (unpaired) electrons. The van der Waals surface area contributed by atoms with E-state index in [4.69, 9.17) is 9.84 Å². The number of carbonyl (C=O) groups is 2. The van der Waals surface area contributed by atoms with Crippen LogP contribution in [0.15, 0.2) is 24.5 Å². The number of ether oxygens (including phenoxy) is 1. The van der Waals surface area contributed by atoms with Crippen LogP contribution in [0.5, 0.6) is 0 Å². The molecule has 0 aliphatic carbocycles. The zero-order chi connectivity index (χ0) is 74.7. The highest BCUT2D eigenvalue weighted by atomic mass is 33.1. The number of carboxylic acid groups (broad SMARTS) is 1. The summed E-state index contributed by atoms with van der Waals surface area (Å²) in [7, 11) is 2.95. The number of aliphatic hydroxyl groups is 1. The summed E-state index contributed by atoms with van der Waals surface area (Å²) in [6.45, 7) is 3.31. The van der Waals surface area contributed by atoms with E-state index in [0.29, 0.717) is 46.0 Å². The molecule has 103 heavy (non-hydrogen) atoms. The summed E-state index contributed by atoms with van der Waals surface area (Å²) in [6.07, 6.45) is 1.74. The molecule has 592 valence electrons. The van der Waals surface area contributed by atoms with Crippen LogP contribution in [-0.2, 0) is 57.9 Å². The highest BCUT2D eigenvalue weighted by Crippen LogP contribution is 2.37. The molecule has 1 aromatic heterocycles. The minimum Gasteiger partial charge on any atom is -0.481 e. The maximum absolute atomic E-state index is 11.8. The summed E-state index contributed by atoms with van der Waals surface area (Å²) in [5.41, 5.74) is 0.311. The van der Waals surface area contributed by atoms with Crippen molar-refractivity contribution in [3.63, 3.8) is 0 Å². The number of aliphatic carboxylic acids is 1. The number of carbonyl (C=O) groups excluding carboxylic acids is 1. The fourth-order valence-electron chi connectivity index (χ4n) is 8.70. The van der Waals surface area contributed by atoms with Crippen LogP contribution < -0.4 is 0 Å². The number of aromatic nitrogens is 1. The average Bonchev–Trinajstić information content (AvgIpc) is 1.27. The lowest BCUT2D eigenvalue weighted by atomic mass is 10.0. The van der Waals surface area contributed by atoms with Crippen molar-refractivity contribution in [1.82, 2.24) is 4.98 Å². The van der Waals surface area contributed by atoms with Gasteiger partial charge in [0.2, 0.25) is 0 Å². The van der Waals surface area contributed by atoms with Gasteiger partial charge in [0, 0.05) is 68.6 Å². The summed E-state index contributed by atoms with van der Waals surface area (Å²) < 4.78 is 5.25. The molecule has 0 spiro atoms. The summed E-state index contributed by atoms with van der Waals surface area (Å²) >= 11 is 9.47. The maximum Gasteiger partial charge on any atom is 0.340 e. The Bertz CT molecular complexity index is 2690. The second-order valence-electron chi connectivity index (χ2n) is 20.5. The number of carboxylic acids is 1. The lowest BCUT2D eigenvalue weighted by Gasteiger charge is -2.28. The van der Waals surface area contributed by atoms with Gasteiger partial charge in [0.15, 0.2) is 6.10 Å². The Kier molecular flexibility index (Phi) is 52.6. The Morgan fingerprint density at radius 1 is 0.563 bits per heavy atom. The summed E-state index contributed by atoms with van der Waals surface area (Å²) in [5.74, 6) is 4.65. The summed E-state index contributed by atoms with van der Waals surface area (Å²) in [5, 5.41) is 111. The molecule has 0 saturated carbocycles. The predicted molar refractivity (Wildman–Crippen MR) is 374 cm³/mol. The highest BCUT2D eigenvalue weighted by molar-refractivity contribution is 8.76. The van der Waals surface area contributed by atoms with Gasteiger partial charge in [-0.15, -0.1) is 101 Å². The van der Waals surface area contributed by atoms with Crippen molar-refractivity contribution >= 4 is 104 Å². The SMILES string of the molecule is C.C.C.CC1CSC(C(CO[N+](=O)[O-])O[N+](=O)[O-])C1O.CCC1CS1.O=C(O)CCC(O[N+](=O)[O-])C(O[N+](=O)[O-])C1CCCS1.O=C(OC1CSSCC1O[N+](=O)[O-])c1cccnc1.O=[N+]([O-])OC1CSCC1O[N+](=O)[O-].O=[N+]([O-])OCC(O[N+](=O)[O-])C1CCCS1.O=[N+]([O-])OCCC1CCCS1. The highest BCUT2D eigenvalue weighted by Gasteiger charge is 2.42. The first-order valence-corrected chi connectivity index (χ1v) is 38.2. The average molecular weight is 1640 g/mol. The van der Waals surface area contributed by atoms with E-state index in [-0.39, 0.29) is 51.7 Å². The fraction of sp³-hybridized carbons (Fsp3) is 0.857. The van der Waals surface area contributed by atoms with Crippen molar-refractivity contribution in [2.45, 2.75) is 182 Å². The molecule has 1 aromatic rings. The number of rotatable bonds is 34. The van der Waals surface area contributed by atoms with Gasteiger partial charge in [0.1, 0.15) is 55.9 Å². The molecule has 7 aliphatic heterocycles. The van der Waals surface area contributed by atoms with Crippen LogP contribution in [0, 0.1) is 107 Å². The summed E-state index contributed by atoms with van der Waals surface area (Å²) in [4.78, 5) is 171. The minimum absolute atomic E-state index is 0. The molecule has 8 rings (SSSR count). The van der Waals surface area contributed by atoms with Crippen molar-refractivity contribution in [1.29, 1.82) is 0 Å². The topological polar surface area (TPSA) is 620 Å². The van der Waals surface area contributed by atoms with E-state index in [1.165, 1.54) is 106 Å². The Balaban J connectivity index is 0. The van der Waals surface area contributed by atoms with E-state index < -0.39 is 143 Å². The first kappa shape index (κ1) is 97.9. The van der Waals surface area contributed by atoms with Gasteiger partial charge < -0.3 is 63.3 Å². The van der Waals surface area contributed by atoms with Gasteiger partial charge in [-0.2, -0.15) is 70.6 Å². The Morgan fingerprint density at radius 2 is 1.05 bits per heavy atom. The van der Waals surface area contributed by atoms with Crippen LogP contribution in [0.4, 0.5) is 0 Å². The van der Waals surface area contributed by atoms with Gasteiger partial charge in [-0.3, -0.25) is 9.78 Å². The third kappa shape index (κ3) is 45.6. The smallest absolute Gasteiger partial charge is 0.340 e. The Hall–Kier alpha value is -7.15. The zero-order valence-electron chi connectivity index (χ0n) is 52.6. The molecule has 2 N–H and O–H groups in total. The van der Waals surface area contributed by atoms with Crippen LogP contribution in [0.25, 0.3) is 0 Å². The number of thioether (sulfide) groups is 6. The molecule has 46 nitrogen and oxygen atoms in total. The number of pyridine rings is 1. The third-order valence-electron chi connectivity index (χ3n) is 13.4. The van der Waals surface area contributed by atoms with Gasteiger partial charge in [0.25, 0.3) is 50.9 Å². The van der Waals surface area contributed by atoms with E-state index in [9.17, 15) is 116 Å². The van der Waals surface area contributed by atoms with E-state index >= 15 is 0 Å². The number of aliphatic hydroxyl groups excluding tert-OH is 1. The van der Waals surface area contributed by atoms with E-state index in [2.05, 4.69) is 72.0 Å². The first-order valence-electron chi connectivity index (χ1n) is 29.3. The zero-order valence-corrected chi connectivity index (χ0v) is 59.1. The van der Waals surface area contributed by atoms with Crippen molar-refractivity contribution in [3.8, 4) is 0 Å². The lowest BCUT2D eigenvalue weighted by Crippen LogP contribution is -2.41. The van der Waals surface area contributed by atoms with Gasteiger partial charge in [-0.05, 0) is 98.8 Å². The molecule has 15 unspecified atom stereocenters. The number of hydrogen-bond donors (Lipinski definition) is 2. The van der Waals surface area contributed by atoms with Crippen LogP contribution in [-0.4, -0.2) is 231 Å². The van der Waals surface area contributed by atoms with E-state index in [0.717, 1.165) is 42.4 Å². The number of nitrogens with zero attached hydrogens (tertiary/aromatic N) is 11. The lowest BCUT2D eigenvalue weighted by molar-refractivity contribution is -0.798. The van der Waals surface area contributed by atoms with Gasteiger partial charge >= 0.3 is 11.9 Å². The molecular formula is C49H83N11O35S8. The van der Waals surface area contributed by atoms with Gasteiger partial charge in [0.05, 0.1) is 23.5 Å². The van der Waals surface area contributed by atoms with Crippen LogP contribution in [0.3, 0.4) is 0 Å². The van der Waals surface area contributed by atoms with Gasteiger partial charge in [-0.1, -0.05) is 57.7 Å². The van der Waals surface area contributed by atoms with Crippen LogP contribution >= 0.6 is 92.2 Å². The van der Waals surface area contributed by atoms with Crippen molar-refractivity contribution < 1.29 is 124 Å². The fourth-order valence-corrected chi connectivity index (χ4v) is 18.3. The Labute approximate surface area is 619 Å². The molecular weight excluding hydrogens is 1560 g/mol. The molecule has 7 aliphatic rings. The largest absolute Gasteiger partial charge is 0.481 e. The van der Waals surface area contributed by atoms with Crippen molar-refractivity contribution in [2.24, 2.45) is 5.92 Å². The van der Waals surface area contributed by atoms with Crippen molar-refractivity contribution in [3.05, 3.63) is 131 Å². The number of hydrogen-bond acceptors (Lipinski definition) is 43. The minimum atomic E-state index is -1.28. The quantitative estimate of drug-likeness (QED) is 0.0218. The monoisotopic (exact) mass is 1640 g/mol. The standard InChI is InChI=1S/C10H10N2O5S2.C9H14N2O8S.C7H12N2O7S.C6H10N2O6S.C6H11NO3S.C4H6N2O6S.C4H8S.3CH4/c13-10(7-2-1-3-11-4-7)16-8-5-18-19-6-9(8)17-12(14)15;12-8(13)4-3-6(18-10(14)15)9(19-11(16)17)7-2-1-5-20-7;1-4-3-17-7(6(4)10)5(16-9(13)14)2-15-8(11)12;9-7(10)13-4-5(14-8(11)12)6-2-1-3-15-6;8-7(9)10-4-3-6-2-1-5-11-6;7-5(8)11-3-1-13-2-4(3)12-6(9)10;1-2-4-3-5-4;;;/h1-4,8-9H,5-6H2;6-7,9H,1-5H2,(H,12,13);4-7,10H,2-3H2,1H3;5-6H,1-4H2;6H,1-5H2;3-4H,1-2H2;4H,2-3H2,1H3;3*1H4. The first-order chi connectivity index (χ1) is 47.4. The normalized spacial score (nSPS) is 23.9. The molecule has 0 aromatic carbocycles. The Morgan fingerprint density at radius 3 is 1.46 bits per heavy atom. The molecule has 15 atom stereocenters. The molecule has 8 heterocycles. The molecule has 0 amide bonds.